The highest BCUT2D eigenvalue weighted by molar-refractivity contribution is 6.14. The predicted molar refractivity (Wildman–Crippen MR) is 173 cm³/mol. The minimum atomic E-state index is -0.122. The Morgan fingerprint density at radius 1 is 0.439 bits per heavy atom. The topological polar surface area (TPSA) is 9.86 Å². The van der Waals surface area contributed by atoms with Gasteiger partial charge in [0.05, 0.1) is 27.8 Å². The standard InChI is InChI=1S/C39H28N2/c1-39(2)32-16-8-11-19-37(32)41-35-18-10-7-15-29(35)31-23-26(24-33(39)38(31)41)25-20-21-36-30(22-25)28-14-6-9-17-34(28)40(36)27-12-4-3-5-13-27/h3-24H,1-2H3. The highest BCUT2D eigenvalue weighted by Crippen LogP contribution is 2.49. The van der Waals surface area contributed by atoms with Crippen LogP contribution in [0.25, 0.3) is 66.1 Å². The summed E-state index contributed by atoms with van der Waals surface area (Å²) in [7, 11) is 0. The van der Waals surface area contributed by atoms with Crippen molar-refractivity contribution >= 4 is 43.6 Å². The van der Waals surface area contributed by atoms with Crippen LogP contribution in [0.1, 0.15) is 25.0 Å². The fourth-order valence-corrected chi connectivity index (χ4v) is 7.34. The summed E-state index contributed by atoms with van der Waals surface area (Å²) in [5, 5.41) is 5.19. The molecule has 2 heteroatoms. The molecule has 8 aromatic rings. The lowest BCUT2D eigenvalue weighted by Crippen LogP contribution is -2.26. The van der Waals surface area contributed by atoms with E-state index in [4.69, 9.17) is 0 Å². The summed E-state index contributed by atoms with van der Waals surface area (Å²) in [6.45, 7) is 4.75. The molecular formula is C39H28N2. The molecule has 41 heavy (non-hydrogen) atoms. The summed E-state index contributed by atoms with van der Waals surface area (Å²) in [6, 6.07) is 49.1. The van der Waals surface area contributed by atoms with Gasteiger partial charge in [0.15, 0.2) is 0 Å². The van der Waals surface area contributed by atoms with E-state index in [0.717, 1.165) is 0 Å². The van der Waals surface area contributed by atoms with Gasteiger partial charge in [0.25, 0.3) is 0 Å². The van der Waals surface area contributed by atoms with E-state index in [9.17, 15) is 0 Å². The van der Waals surface area contributed by atoms with Crippen LogP contribution in [-0.2, 0) is 5.41 Å². The lowest BCUT2D eigenvalue weighted by atomic mass is 9.74. The number of nitrogens with zero attached hydrogens (tertiary/aromatic N) is 2. The van der Waals surface area contributed by atoms with Crippen molar-refractivity contribution in [3.05, 3.63) is 145 Å². The highest BCUT2D eigenvalue weighted by atomic mass is 15.0. The fraction of sp³-hybridized carbons (Fsp3) is 0.0769. The van der Waals surface area contributed by atoms with Crippen molar-refractivity contribution in [2.75, 3.05) is 0 Å². The second kappa shape index (κ2) is 7.99. The monoisotopic (exact) mass is 524 g/mol. The Labute approximate surface area is 238 Å². The molecule has 1 aliphatic heterocycles. The first-order valence-electron chi connectivity index (χ1n) is 14.4. The maximum absolute atomic E-state index is 2.49. The third kappa shape index (κ3) is 2.97. The first-order chi connectivity index (χ1) is 20.1. The molecule has 2 nitrogen and oxygen atoms in total. The Morgan fingerprint density at radius 3 is 1.85 bits per heavy atom. The molecular weight excluding hydrogens is 496 g/mol. The summed E-state index contributed by atoms with van der Waals surface area (Å²) >= 11 is 0. The van der Waals surface area contributed by atoms with Crippen molar-refractivity contribution in [1.29, 1.82) is 0 Å². The molecule has 0 fully saturated rings. The minimum Gasteiger partial charge on any atom is -0.309 e. The number of benzene rings is 6. The highest BCUT2D eigenvalue weighted by Gasteiger charge is 2.35. The second-order valence-electron chi connectivity index (χ2n) is 11.8. The lowest BCUT2D eigenvalue weighted by Gasteiger charge is -2.35. The number of hydrogen-bond donors (Lipinski definition) is 0. The molecule has 0 aliphatic carbocycles. The van der Waals surface area contributed by atoms with Crippen molar-refractivity contribution in [2.45, 2.75) is 19.3 Å². The van der Waals surface area contributed by atoms with Crippen LogP contribution in [0.5, 0.6) is 0 Å². The van der Waals surface area contributed by atoms with Gasteiger partial charge < -0.3 is 9.13 Å². The van der Waals surface area contributed by atoms with E-state index in [1.807, 2.05) is 0 Å². The van der Waals surface area contributed by atoms with Crippen LogP contribution in [-0.4, -0.2) is 9.13 Å². The first kappa shape index (κ1) is 22.7. The van der Waals surface area contributed by atoms with E-state index in [2.05, 4.69) is 156 Å². The molecule has 1 aliphatic rings. The van der Waals surface area contributed by atoms with Gasteiger partial charge in [0.1, 0.15) is 0 Å². The van der Waals surface area contributed by atoms with Gasteiger partial charge in [-0.1, -0.05) is 92.7 Å². The molecule has 6 aromatic carbocycles. The molecule has 0 radical (unpaired) electrons. The van der Waals surface area contributed by atoms with E-state index in [1.165, 1.54) is 77.2 Å². The zero-order valence-corrected chi connectivity index (χ0v) is 23.1. The quantitative estimate of drug-likeness (QED) is 0.213. The Hall–Kier alpha value is -5.08. The van der Waals surface area contributed by atoms with Crippen LogP contribution in [0.3, 0.4) is 0 Å². The molecule has 2 aromatic heterocycles. The zero-order chi connectivity index (χ0) is 27.3. The molecule has 0 saturated carbocycles. The summed E-state index contributed by atoms with van der Waals surface area (Å²) in [5.74, 6) is 0. The Balaban J connectivity index is 1.36. The Kier molecular flexibility index (Phi) is 4.42. The Morgan fingerprint density at radius 2 is 1.05 bits per heavy atom. The van der Waals surface area contributed by atoms with Gasteiger partial charge >= 0.3 is 0 Å². The van der Waals surface area contributed by atoms with Gasteiger partial charge in [0, 0.05) is 32.6 Å². The van der Waals surface area contributed by atoms with Gasteiger partial charge in [-0.15, -0.1) is 0 Å². The molecule has 0 bridgehead atoms. The van der Waals surface area contributed by atoms with Crippen LogP contribution >= 0.6 is 0 Å². The number of para-hydroxylation sites is 4. The van der Waals surface area contributed by atoms with Gasteiger partial charge in [0.2, 0.25) is 0 Å². The third-order valence-electron chi connectivity index (χ3n) is 9.28. The van der Waals surface area contributed by atoms with Crippen molar-refractivity contribution in [3.8, 4) is 22.5 Å². The van der Waals surface area contributed by atoms with Gasteiger partial charge in [-0.05, 0) is 76.9 Å². The fourth-order valence-electron chi connectivity index (χ4n) is 7.34. The number of rotatable bonds is 2. The van der Waals surface area contributed by atoms with Gasteiger partial charge in [-0.2, -0.15) is 0 Å². The zero-order valence-electron chi connectivity index (χ0n) is 23.1. The van der Waals surface area contributed by atoms with E-state index < -0.39 is 0 Å². The molecule has 0 unspecified atom stereocenters. The third-order valence-corrected chi connectivity index (χ3v) is 9.28. The van der Waals surface area contributed by atoms with Gasteiger partial charge in [-0.25, -0.2) is 0 Å². The van der Waals surface area contributed by atoms with Crippen molar-refractivity contribution in [3.63, 3.8) is 0 Å². The van der Waals surface area contributed by atoms with Crippen molar-refractivity contribution < 1.29 is 0 Å². The average Bonchev–Trinajstić information content (AvgIpc) is 3.53. The number of aromatic nitrogens is 2. The SMILES string of the molecule is CC1(C)c2ccccc2-n2c3ccccc3c3cc(-c4ccc5c(c4)c4ccccc4n5-c4ccccc4)cc1c32. The van der Waals surface area contributed by atoms with E-state index >= 15 is 0 Å². The van der Waals surface area contributed by atoms with Crippen LogP contribution in [0.4, 0.5) is 0 Å². The molecule has 0 saturated heterocycles. The minimum absolute atomic E-state index is 0.122. The van der Waals surface area contributed by atoms with E-state index in [-0.39, 0.29) is 5.41 Å². The van der Waals surface area contributed by atoms with Crippen molar-refractivity contribution in [1.82, 2.24) is 9.13 Å². The maximum atomic E-state index is 2.49. The first-order valence-corrected chi connectivity index (χ1v) is 14.4. The summed E-state index contributed by atoms with van der Waals surface area (Å²) in [4.78, 5) is 0. The smallest absolute Gasteiger partial charge is 0.0582 e. The number of fused-ring (bicyclic) bond motifs is 8. The molecule has 0 amide bonds. The summed E-state index contributed by atoms with van der Waals surface area (Å²) in [6.07, 6.45) is 0. The van der Waals surface area contributed by atoms with Gasteiger partial charge in [-0.3, -0.25) is 0 Å². The normalized spacial score (nSPS) is 13.8. The lowest BCUT2D eigenvalue weighted by molar-refractivity contribution is 0.630. The largest absolute Gasteiger partial charge is 0.309 e. The summed E-state index contributed by atoms with van der Waals surface area (Å²) < 4.78 is 4.87. The van der Waals surface area contributed by atoms with Crippen LogP contribution in [0.2, 0.25) is 0 Å². The number of hydrogen-bond acceptors (Lipinski definition) is 0. The summed E-state index contributed by atoms with van der Waals surface area (Å²) in [5.41, 5.74) is 12.7. The van der Waals surface area contributed by atoms with Crippen LogP contribution in [0.15, 0.2) is 133 Å². The molecule has 194 valence electrons. The molecule has 3 heterocycles. The molecule has 0 spiro atoms. The van der Waals surface area contributed by atoms with Crippen LogP contribution < -0.4 is 0 Å². The second-order valence-corrected chi connectivity index (χ2v) is 11.8. The Bertz CT molecular complexity index is 2330. The van der Waals surface area contributed by atoms with Crippen molar-refractivity contribution in [2.24, 2.45) is 0 Å². The maximum Gasteiger partial charge on any atom is 0.0582 e. The molecule has 0 atom stereocenters. The average molecular weight is 525 g/mol. The van der Waals surface area contributed by atoms with E-state index in [1.54, 1.807) is 0 Å². The molecule has 9 rings (SSSR count). The molecule has 0 N–H and O–H groups in total. The van der Waals surface area contributed by atoms with E-state index in [0.29, 0.717) is 0 Å². The van der Waals surface area contributed by atoms with Crippen LogP contribution in [0, 0.1) is 0 Å². The predicted octanol–water partition coefficient (Wildman–Crippen LogP) is 10.2.